The van der Waals surface area contributed by atoms with Crippen molar-refractivity contribution in [1.29, 1.82) is 0 Å². The predicted octanol–water partition coefficient (Wildman–Crippen LogP) is -1.16. The first kappa shape index (κ1) is 103. The number of aromatic amines is 1. The number of nitrogens with one attached hydrogen (secondary N) is 13. The zero-order valence-corrected chi connectivity index (χ0v) is 71.5. The van der Waals surface area contributed by atoms with Crippen LogP contribution in [0.15, 0.2) is 70.8 Å². The van der Waals surface area contributed by atoms with Gasteiger partial charge < -0.3 is 118 Å². The number of unbranched alkanes of at least 4 members (excludes halogenated alkanes) is 14. The highest BCUT2D eigenvalue weighted by atomic mass is 19.1. The van der Waals surface area contributed by atoms with Crippen molar-refractivity contribution in [3.05, 3.63) is 71.9 Å². The number of hydrogen-bond acceptors (Lipinski definition) is 19. The Hall–Kier alpha value is -11.6. The van der Waals surface area contributed by atoms with E-state index in [-0.39, 0.29) is 115 Å². The Balaban J connectivity index is 1.37. The third-order valence-electron chi connectivity index (χ3n) is 21.5. The highest BCUT2D eigenvalue weighted by Gasteiger charge is 2.45. The fourth-order valence-electron chi connectivity index (χ4n) is 14.5. The maximum absolute atomic E-state index is 16.2. The number of alkyl halides is 1. The smallest absolute Gasteiger partial charge is 0.245 e. The molecule has 0 spiro atoms. The monoisotopic (exact) mass is 1740 g/mol. The summed E-state index contributed by atoms with van der Waals surface area (Å²) in [6.45, 7) is 0.519. The van der Waals surface area contributed by atoms with Crippen molar-refractivity contribution >= 4 is 111 Å². The number of para-hydroxylation sites is 1. The summed E-state index contributed by atoms with van der Waals surface area (Å²) >= 11 is 0. The number of aromatic nitrogens is 1. The van der Waals surface area contributed by atoms with Crippen LogP contribution in [0.2, 0.25) is 0 Å². The molecule has 0 aliphatic carbocycles. The lowest BCUT2D eigenvalue weighted by Crippen LogP contribution is -2.61. The summed E-state index contributed by atoms with van der Waals surface area (Å²) in [5.41, 5.74) is 35.4. The zero-order valence-electron chi connectivity index (χ0n) is 71.5. The van der Waals surface area contributed by atoms with Crippen molar-refractivity contribution in [2.45, 2.75) is 292 Å². The molecule has 12 atom stereocenters. The second-order valence-electron chi connectivity index (χ2n) is 31.6. The fourth-order valence-corrected chi connectivity index (χ4v) is 14.5. The Kier molecular flexibility index (Phi) is 47.3. The molecular formula is C84H133FN22O17. The third-order valence-corrected chi connectivity index (χ3v) is 21.5. The number of fused-ring (bicyclic) bond motifs is 2. The van der Waals surface area contributed by atoms with Crippen LogP contribution in [0.25, 0.3) is 10.9 Å². The van der Waals surface area contributed by atoms with Crippen LogP contribution in [0.5, 0.6) is 0 Å². The number of hydrogen-bond donors (Lipinski definition) is 21. The van der Waals surface area contributed by atoms with E-state index in [1.54, 1.807) is 61.7 Å². The second-order valence-corrected chi connectivity index (χ2v) is 31.6. The van der Waals surface area contributed by atoms with Gasteiger partial charge in [-0.05, 0) is 94.2 Å². The quantitative estimate of drug-likeness (QED) is 0.0180. The average molecular weight is 1740 g/mol. The molecule has 27 N–H and O–H groups in total. The molecule has 1 unspecified atom stereocenters. The topological polar surface area (TPSA) is 641 Å². The minimum absolute atomic E-state index is 0.0226. The number of H-pyrrole nitrogens is 1. The van der Waals surface area contributed by atoms with Gasteiger partial charge in [0.1, 0.15) is 72.6 Å². The van der Waals surface area contributed by atoms with E-state index in [4.69, 9.17) is 34.4 Å². The number of carbonyl (C=O) groups excluding carboxylic acids is 15. The van der Waals surface area contributed by atoms with E-state index in [1.807, 2.05) is 6.07 Å². The van der Waals surface area contributed by atoms with Gasteiger partial charge in [0.2, 0.25) is 88.6 Å². The molecule has 0 saturated carbocycles. The van der Waals surface area contributed by atoms with E-state index in [2.05, 4.69) is 85.7 Å². The first-order valence-corrected chi connectivity index (χ1v) is 43.4. The van der Waals surface area contributed by atoms with Gasteiger partial charge in [0, 0.05) is 75.3 Å². The number of guanidine groups is 2. The first-order chi connectivity index (χ1) is 59.4. The summed E-state index contributed by atoms with van der Waals surface area (Å²) in [4.78, 5) is 223. The highest BCUT2D eigenvalue weighted by molar-refractivity contribution is 6.00. The highest BCUT2D eigenvalue weighted by Crippen LogP contribution is 2.25. The minimum atomic E-state index is -1.90. The number of aliphatic hydroxyl groups is 2. The van der Waals surface area contributed by atoms with Crippen LogP contribution in [0, 0.1) is 0 Å². The van der Waals surface area contributed by atoms with Gasteiger partial charge in [-0.25, -0.2) is 4.39 Å². The van der Waals surface area contributed by atoms with Crippen LogP contribution >= 0.6 is 0 Å². The van der Waals surface area contributed by atoms with Gasteiger partial charge in [0.15, 0.2) is 11.9 Å². The molecule has 124 heavy (non-hydrogen) atoms. The summed E-state index contributed by atoms with van der Waals surface area (Å²) in [6.07, 6.45) is 12.2. The van der Waals surface area contributed by atoms with Crippen LogP contribution in [-0.4, -0.2) is 239 Å². The van der Waals surface area contributed by atoms with Crippen molar-refractivity contribution in [3.8, 4) is 0 Å². The Labute approximate surface area is 722 Å². The number of benzene rings is 2. The molecule has 0 bridgehead atoms. The van der Waals surface area contributed by atoms with Crippen LogP contribution in [0.3, 0.4) is 0 Å². The molecule has 2 saturated heterocycles. The maximum Gasteiger partial charge on any atom is 0.245 e. The molecule has 40 heteroatoms. The molecule has 3 aromatic rings. The van der Waals surface area contributed by atoms with Crippen molar-refractivity contribution in [3.63, 3.8) is 0 Å². The summed E-state index contributed by atoms with van der Waals surface area (Å²) in [5, 5.41) is 52.4. The molecule has 2 fully saturated rings. The minimum Gasteiger partial charge on any atom is -0.394 e. The largest absolute Gasteiger partial charge is 0.394 e. The first-order valence-electron chi connectivity index (χ1n) is 43.4. The van der Waals surface area contributed by atoms with Gasteiger partial charge in [-0.1, -0.05) is 152 Å². The van der Waals surface area contributed by atoms with Gasteiger partial charge in [-0.3, -0.25) is 81.9 Å². The molecule has 2 aliphatic rings. The lowest BCUT2D eigenvalue weighted by atomic mass is 10.0. The van der Waals surface area contributed by atoms with E-state index >= 15 is 9.18 Å². The number of carbonyl (C=O) groups is 15. The Morgan fingerprint density at radius 2 is 1.06 bits per heavy atom. The number of halogens is 1. The molecule has 0 radical (unpaired) electrons. The van der Waals surface area contributed by atoms with Gasteiger partial charge >= 0.3 is 0 Å². The maximum atomic E-state index is 16.2. The number of aliphatic imine (C=N–C) groups is 2. The number of aliphatic hydroxyl groups excluding tert-OH is 2. The zero-order chi connectivity index (χ0) is 90.9. The Morgan fingerprint density at radius 1 is 0.532 bits per heavy atom. The van der Waals surface area contributed by atoms with Gasteiger partial charge in [0.25, 0.3) is 0 Å². The normalized spacial score (nSPS) is 19.4. The summed E-state index contributed by atoms with van der Waals surface area (Å²) in [7, 11) is 0. The van der Waals surface area contributed by atoms with E-state index < -0.39 is 220 Å². The van der Waals surface area contributed by atoms with Gasteiger partial charge in [-0.2, -0.15) is 0 Å². The molecule has 2 aliphatic heterocycles. The van der Waals surface area contributed by atoms with E-state index in [0.29, 0.717) is 34.9 Å². The average Bonchev–Trinajstić information content (AvgIpc) is 1.65. The van der Waals surface area contributed by atoms with Crippen LogP contribution in [0.1, 0.15) is 218 Å². The van der Waals surface area contributed by atoms with Crippen molar-refractivity contribution in [2.24, 2.45) is 44.4 Å². The summed E-state index contributed by atoms with van der Waals surface area (Å²) in [5.74, 6) is -14.6. The van der Waals surface area contributed by atoms with Crippen LogP contribution < -0.4 is 98.2 Å². The lowest BCUT2D eigenvalue weighted by Gasteiger charge is -2.31. The molecule has 2 aromatic carbocycles. The van der Waals surface area contributed by atoms with Crippen molar-refractivity contribution < 1.29 is 86.5 Å². The fraction of sp³-hybridized carbons (Fsp3) is 0.631. The molecule has 1 aromatic heterocycles. The Bertz CT molecular complexity index is 4020. The number of nitrogens with two attached hydrogens (primary N) is 6. The lowest BCUT2D eigenvalue weighted by molar-refractivity contribution is -0.143. The van der Waals surface area contributed by atoms with Crippen LogP contribution in [-0.2, 0) is 84.8 Å². The molecule has 688 valence electrons. The van der Waals surface area contributed by atoms with Gasteiger partial charge in [0.05, 0.1) is 26.3 Å². The Morgan fingerprint density at radius 3 is 1.67 bits per heavy atom. The summed E-state index contributed by atoms with van der Waals surface area (Å²) in [6, 6.07) is -2.24. The van der Waals surface area contributed by atoms with Crippen LogP contribution in [0.4, 0.5) is 4.39 Å². The number of amides is 15. The van der Waals surface area contributed by atoms with E-state index in [0.717, 1.165) is 30.6 Å². The SMILES string of the molecule is CCCCCCCCCCCCCCCC(=O)NCC(=O)N[C@@H](CO)C(=O)N[C@@H](CCC(N)=O)C(=O)N[C@@H](CCCCN=C(N)N)C(=O)N[C@@H](CO)C(=O)N[C@@H](CCCC)C(=O)N[C@H]1CCC(=O)NCCCC[C@@H](C(N)=O)NC(=O)[C@H](Cc2c[nH]c3ccccc23)NC(=O)[C@H](CCCN=C(N)N)NC(=O)[C@@H](Cc2ccccc2)NC(=O)[C@@H]2CC(F)CN2C1=O. The summed E-state index contributed by atoms with van der Waals surface area (Å²) < 4.78 is 16.2. The number of primary amides is 2. The third kappa shape index (κ3) is 38.5. The van der Waals surface area contributed by atoms with E-state index in [9.17, 15) is 77.3 Å². The van der Waals surface area contributed by atoms with E-state index in [1.165, 1.54) is 51.4 Å². The molecular weight excluding hydrogens is 1610 g/mol. The molecule has 3 heterocycles. The predicted molar refractivity (Wildman–Crippen MR) is 462 cm³/mol. The molecule has 15 amide bonds. The van der Waals surface area contributed by atoms with Crippen molar-refractivity contribution in [1.82, 2.24) is 73.7 Å². The van der Waals surface area contributed by atoms with Crippen molar-refractivity contribution in [2.75, 3.05) is 45.9 Å². The molecule has 5 rings (SSSR count). The van der Waals surface area contributed by atoms with Gasteiger partial charge in [-0.15, -0.1) is 0 Å². The number of nitrogens with zero attached hydrogens (tertiary/aromatic N) is 3. The number of rotatable bonds is 49. The standard InChI is InChI=1S/C84H133FN22O17/c1-3-5-7-8-9-10-11-12-13-14-15-16-20-36-69(111)96-48-71(113)97-65(50-108)79(121)102-61(37-39-68(86)110)76(118)99-59(34-24-26-42-93-83(88)89)75(117)106-66(51-109)80(122)101-58(31-6-4-2)73(115)103-62-38-40-70(112)92-41-25-23-33-57(72(87)114)98-78(120)64(45-53-47-95-56-32-22-21-30-55(53)56)104-74(116)60(35-27-43-94-84(90)91)100-77(119)63(44-52-28-18-17-19-29-52)105-81(123)67-46-54(85)49-107(67)82(62)124/h17-19,21-22,28-30,32,47,54,57-67,95,108-109H,3-16,20,23-27,31,33-46,48-51H2,1-2H3,(H2,86,110)(H2,87,114)(H,92,112)(H,96,111)(H,97,113)(H,98,120)(H,99,118)(H,100,119)(H,101,122)(H,102,121)(H,103,115)(H,104,116)(H,105,123)(H,106,117)(H4,88,89,93)(H4,90,91,94)/t54?,57-,58-,59-,60-,61-,62-,63+,64-,65-,66-,67-/m0/s1. The second kappa shape index (κ2) is 57.0. The molecule has 39 nitrogen and oxygen atoms in total.